The Morgan fingerprint density at radius 2 is 1.55 bits per heavy atom. The predicted molar refractivity (Wildman–Crippen MR) is 148 cm³/mol. The van der Waals surface area contributed by atoms with Crippen LogP contribution in [0.25, 0.3) is 0 Å². The van der Waals surface area contributed by atoms with Gasteiger partial charge in [0, 0.05) is 36.3 Å². The van der Waals surface area contributed by atoms with Crippen LogP contribution in [0, 0.1) is 0 Å². The number of aromatic nitrogens is 3. The van der Waals surface area contributed by atoms with E-state index in [1.54, 1.807) is 12.1 Å². The smallest absolute Gasteiger partial charge is 0.422 e. The number of unbranched alkanes of at least 4 members (excludes halogenated alkanes) is 1. The van der Waals surface area contributed by atoms with E-state index in [4.69, 9.17) is 14.6 Å². The third-order valence-corrected chi connectivity index (χ3v) is 5.37. The zero-order valence-electron chi connectivity index (χ0n) is 21.3. The molecule has 5 N–H and O–H groups in total. The molecule has 0 saturated heterocycles. The molecule has 2 aromatic carbocycles. The maximum atomic E-state index is 12.7. The fraction of sp³-hybridized carbons (Fsp3) is 0.360. The summed E-state index contributed by atoms with van der Waals surface area (Å²) in [5.41, 5.74) is 2.31. The summed E-state index contributed by atoms with van der Waals surface area (Å²) < 4.78 is 48.4. The molecule has 0 saturated carbocycles. The summed E-state index contributed by atoms with van der Waals surface area (Å²) in [5, 5.41) is 20.8. The molecule has 216 valence electrons. The van der Waals surface area contributed by atoms with E-state index >= 15 is 0 Å². The number of benzene rings is 2. The highest BCUT2D eigenvalue weighted by atomic mass is 79.9. The first kappa shape index (κ1) is 30.5. The lowest BCUT2D eigenvalue weighted by Gasteiger charge is -2.13. The van der Waals surface area contributed by atoms with Crippen molar-refractivity contribution in [2.24, 2.45) is 0 Å². The Kier molecular flexibility index (Phi) is 11.9. The number of amides is 1. The normalized spacial score (nSPS) is 11.0. The van der Waals surface area contributed by atoms with Crippen molar-refractivity contribution in [3.05, 3.63) is 54.1 Å². The third-order valence-electron chi connectivity index (χ3n) is 5.05. The maximum absolute atomic E-state index is 12.7. The van der Waals surface area contributed by atoms with Crippen molar-refractivity contribution in [1.82, 2.24) is 20.3 Å². The van der Waals surface area contributed by atoms with Crippen molar-refractivity contribution in [2.45, 2.75) is 25.6 Å². The summed E-state index contributed by atoms with van der Waals surface area (Å²) in [6.07, 6.45) is -4.12. The van der Waals surface area contributed by atoms with Crippen LogP contribution in [0.2, 0.25) is 0 Å². The van der Waals surface area contributed by atoms with Gasteiger partial charge in [0.1, 0.15) is 5.75 Å². The molecule has 40 heavy (non-hydrogen) atoms. The number of halogens is 4. The summed E-state index contributed by atoms with van der Waals surface area (Å²) in [6.45, 7) is 0.331. The first-order valence-corrected chi connectivity index (χ1v) is 13.4. The molecule has 0 aliphatic rings. The minimum Gasteiger partial charge on any atom is -0.493 e. The fourth-order valence-electron chi connectivity index (χ4n) is 3.22. The number of hydrogen-bond acceptors (Lipinski definition) is 9. The molecule has 3 rings (SSSR count). The summed E-state index contributed by atoms with van der Waals surface area (Å²) in [4.78, 5) is 22.6. The number of carbonyl (C=O) groups is 1. The van der Waals surface area contributed by atoms with Crippen molar-refractivity contribution >= 4 is 45.3 Å². The zero-order chi connectivity index (χ0) is 28.8. The van der Waals surface area contributed by atoms with Crippen LogP contribution in [0.15, 0.2) is 48.5 Å². The van der Waals surface area contributed by atoms with E-state index in [2.05, 4.69) is 52.1 Å². The van der Waals surface area contributed by atoms with Crippen molar-refractivity contribution in [2.75, 3.05) is 47.6 Å². The number of ether oxygens (including phenoxy) is 2. The topological polar surface area (TPSA) is 143 Å². The summed E-state index contributed by atoms with van der Waals surface area (Å²) >= 11 is 3.30. The van der Waals surface area contributed by atoms with Gasteiger partial charge < -0.3 is 35.8 Å². The quantitative estimate of drug-likeness (QED) is 0.103. The SMILES string of the molecule is O=C(O)NCCCCNc1ccc(Nc2nc(NCc3ccc(OCCBr)cc3)nc(OCC(F)(F)F)n2)cc1. The molecular formula is C25H29BrF3N7O4. The molecule has 0 aliphatic carbocycles. The molecular weight excluding hydrogens is 599 g/mol. The van der Waals surface area contributed by atoms with Crippen LogP contribution in [0.5, 0.6) is 11.8 Å². The number of nitrogens with one attached hydrogen (secondary N) is 4. The number of nitrogens with zero attached hydrogens (tertiary/aromatic N) is 3. The third kappa shape index (κ3) is 11.8. The second-order valence-corrected chi connectivity index (χ2v) is 9.07. The van der Waals surface area contributed by atoms with Gasteiger partial charge in [0.2, 0.25) is 11.9 Å². The largest absolute Gasteiger partial charge is 0.493 e. The Labute approximate surface area is 237 Å². The van der Waals surface area contributed by atoms with E-state index in [9.17, 15) is 18.0 Å². The van der Waals surface area contributed by atoms with Gasteiger partial charge in [0.15, 0.2) is 6.61 Å². The summed E-state index contributed by atoms with van der Waals surface area (Å²) in [6, 6.07) is 14.0. The minimum atomic E-state index is -4.55. The highest BCUT2D eigenvalue weighted by molar-refractivity contribution is 9.09. The zero-order valence-corrected chi connectivity index (χ0v) is 22.9. The van der Waals surface area contributed by atoms with Gasteiger partial charge in [0.25, 0.3) is 0 Å². The highest BCUT2D eigenvalue weighted by Crippen LogP contribution is 2.22. The molecule has 1 amide bonds. The van der Waals surface area contributed by atoms with Crippen molar-refractivity contribution in [3.8, 4) is 11.8 Å². The maximum Gasteiger partial charge on any atom is 0.422 e. The van der Waals surface area contributed by atoms with Gasteiger partial charge in [-0.05, 0) is 54.8 Å². The molecule has 0 spiro atoms. The molecule has 0 bridgehead atoms. The van der Waals surface area contributed by atoms with E-state index in [0.717, 1.165) is 17.7 Å². The predicted octanol–water partition coefficient (Wildman–Crippen LogP) is 5.40. The van der Waals surface area contributed by atoms with Crippen LogP contribution in [0.1, 0.15) is 18.4 Å². The molecule has 11 nitrogen and oxygen atoms in total. The second-order valence-electron chi connectivity index (χ2n) is 8.27. The van der Waals surface area contributed by atoms with Crippen LogP contribution in [-0.2, 0) is 6.54 Å². The number of rotatable bonds is 16. The van der Waals surface area contributed by atoms with Crippen molar-refractivity contribution in [1.29, 1.82) is 0 Å². The number of hydrogen-bond donors (Lipinski definition) is 5. The lowest BCUT2D eigenvalue weighted by atomic mass is 10.2. The van der Waals surface area contributed by atoms with Gasteiger partial charge >= 0.3 is 18.3 Å². The van der Waals surface area contributed by atoms with Gasteiger partial charge in [-0.25, -0.2) is 4.79 Å². The number of alkyl halides is 4. The van der Waals surface area contributed by atoms with Crippen LogP contribution < -0.4 is 30.7 Å². The minimum absolute atomic E-state index is 0.000153. The monoisotopic (exact) mass is 627 g/mol. The van der Waals surface area contributed by atoms with E-state index in [-0.39, 0.29) is 11.9 Å². The van der Waals surface area contributed by atoms with Crippen molar-refractivity contribution in [3.63, 3.8) is 0 Å². The Bertz CT molecular complexity index is 1200. The van der Waals surface area contributed by atoms with E-state index < -0.39 is 24.9 Å². The highest BCUT2D eigenvalue weighted by Gasteiger charge is 2.29. The molecule has 1 heterocycles. The first-order valence-electron chi connectivity index (χ1n) is 12.2. The Hall–Kier alpha value is -4.01. The molecule has 15 heteroatoms. The molecule has 3 aromatic rings. The summed E-state index contributed by atoms with van der Waals surface area (Å²) in [5.74, 6) is 0.747. The molecule has 0 fully saturated rings. The average Bonchev–Trinajstić information content (AvgIpc) is 2.92. The van der Waals surface area contributed by atoms with Gasteiger partial charge in [-0.3, -0.25) is 0 Å². The van der Waals surface area contributed by atoms with Gasteiger partial charge in [-0.15, -0.1) is 0 Å². The number of carboxylic acid groups (broad SMARTS) is 1. The Morgan fingerprint density at radius 3 is 2.23 bits per heavy atom. The van der Waals surface area contributed by atoms with E-state index in [0.29, 0.717) is 49.4 Å². The lowest BCUT2D eigenvalue weighted by molar-refractivity contribution is -0.154. The lowest BCUT2D eigenvalue weighted by Crippen LogP contribution is -2.22. The van der Waals surface area contributed by atoms with Crippen LogP contribution in [0.4, 0.5) is 41.2 Å². The Morgan fingerprint density at radius 1 is 0.875 bits per heavy atom. The summed E-state index contributed by atoms with van der Waals surface area (Å²) in [7, 11) is 0. The van der Waals surface area contributed by atoms with Gasteiger partial charge in [-0.1, -0.05) is 28.1 Å². The van der Waals surface area contributed by atoms with Crippen LogP contribution >= 0.6 is 15.9 Å². The van der Waals surface area contributed by atoms with Crippen LogP contribution in [-0.4, -0.2) is 64.0 Å². The van der Waals surface area contributed by atoms with Crippen molar-refractivity contribution < 1.29 is 32.5 Å². The Balaban J connectivity index is 1.61. The first-order chi connectivity index (χ1) is 19.2. The second kappa shape index (κ2) is 15.5. The molecule has 1 aromatic heterocycles. The fourth-order valence-corrected chi connectivity index (χ4v) is 3.38. The average molecular weight is 628 g/mol. The van der Waals surface area contributed by atoms with Gasteiger partial charge in [0.05, 0.1) is 6.61 Å². The van der Waals surface area contributed by atoms with E-state index in [1.807, 2.05) is 36.4 Å². The standard InChI is InChI=1S/C25H29BrF3N7O4/c26-11-14-39-20-9-3-17(4-10-20)15-32-21-34-22(36-23(35-21)40-16-25(27,28)29)33-19-7-5-18(6-8-19)30-12-1-2-13-31-24(37)38/h3-10,30-31H,1-2,11-16H2,(H,37,38)(H2,32,33,34,35,36). The van der Waals surface area contributed by atoms with Gasteiger partial charge in [-0.2, -0.15) is 28.1 Å². The van der Waals surface area contributed by atoms with E-state index in [1.165, 1.54) is 0 Å². The molecule has 0 atom stereocenters. The molecule has 0 radical (unpaired) electrons. The number of anilines is 4. The molecule has 0 unspecified atom stereocenters. The molecule has 0 aliphatic heterocycles. The van der Waals surface area contributed by atoms with Crippen LogP contribution in [0.3, 0.4) is 0 Å².